The summed E-state index contributed by atoms with van der Waals surface area (Å²) in [6, 6.07) is 14.5. The zero-order valence-electron chi connectivity index (χ0n) is 14.6. The van der Waals surface area contributed by atoms with Crippen LogP contribution in [0.5, 0.6) is 0 Å². The molecule has 0 unspecified atom stereocenters. The predicted octanol–water partition coefficient (Wildman–Crippen LogP) is 2.59. The van der Waals surface area contributed by atoms with Crippen LogP contribution < -0.4 is 0 Å². The molecule has 8 nitrogen and oxygen atoms in total. The van der Waals surface area contributed by atoms with Crippen molar-refractivity contribution in [3.63, 3.8) is 0 Å². The second-order valence-corrected chi connectivity index (χ2v) is 5.89. The summed E-state index contributed by atoms with van der Waals surface area (Å²) in [5.74, 6) is 0.606. The zero-order chi connectivity index (χ0) is 18.6. The van der Waals surface area contributed by atoms with Crippen molar-refractivity contribution in [1.29, 1.82) is 0 Å². The van der Waals surface area contributed by atoms with Crippen LogP contribution in [-0.2, 0) is 6.54 Å². The van der Waals surface area contributed by atoms with Crippen LogP contribution in [0.15, 0.2) is 71.6 Å². The van der Waals surface area contributed by atoms with Crippen LogP contribution in [0.3, 0.4) is 0 Å². The maximum atomic E-state index is 12.6. The molecule has 0 saturated heterocycles. The first-order valence-electron chi connectivity index (χ1n) is 8.30. The van der Waals surface area contributed by atoms with Crippen LogP contribution >= 0.6 is 0 Å². The second-order valence-electron chi connectivity index (χ2n) is 5.89. The molecular formula is C19H16N6O2. The summed E-state index contributed by atoms with van der Waals surface area (Å²) >= 11 is 0. The first kappa shape index (κ1) is 16.6. The maximum Gasteiger partial charge on any atom is 0.254 e. The van der Waals surface area contributed by atoms with Crippen molar-refractivity contribution in [3.05, 3.63) is 78.6 Å². The number of pyridine rings is 1. The third-order valence-electron chi connectivity index (χ3n) is 3.96. The summed E-state index contributed by atoms with van der Waals surface area (Å²) in [6.45, 7) is 0.208. The average molecular weight is 360 g/mol. The van der Waals surface area contributed by atoms with Gasteiger partial charge >= 0.3 is 0 Å². The van der Waals surface area contributed by atoms with E-state index in [0.29, 0.717) is 23.0 Å². The number of hydrogen-bond acceptors (Lipinski definition) is 6. The maximum absolute atomic E-state index is 12.6. The Kier molecular flexibility index (Phi) is 4.44. The smallest absolute Gasteiger partial charge is 0.254 e. The van der Waals surface area contributed by atoms with Crippen LogP contribution in [0.4, 0.5) is 0 Å². The molecule has 4 rings (SSSR count). The molecule has 8 heteroatoms. The number of hydrogen-bond donors (Lipinski definition) is 0. The standard InChI is InChI=1S/C19H16N6O2/c1-24(13-17-22-18(23-27-17)16-5-2-3-10-20-16)19(26)14-6-8-15(9-7-14)25-12-4-11-21-25/h2-12H,13H2,1H3. The highest BCUT2D eigenvalue weighted by Crippen LogP contribution is 2.14. The highest BCUT2D eigenvalue weighted by Gasteiger charge is 2.16. The zero-order valence-corrected chi connectivity index (χ0v) is 14.6. The number of rotatable bonds is 5. The van der Waals surface area contributed by atoms with Gasteiger partial charge in [-0.25, -0.2) is 4.68 Å². The Balaban J connectivity index is 1.44. The first-order valence-corrected chi connectivity index (χ1v) is 8.30. The molecule has 1 amide bonds. The fraction of sp³-hybridized carbons (Fsp3) is 0.105. The Hall–Kier alpha value is -3.81. The van der Waals surface area contributed by atoms with Crippen LogP contribution in [0.2, 0.25) is 0 Å². The number of amides is 1. The number of aromatic nitrogens is 5. The molecule has 134 valence electrons. The largest absolute Gasteiger partial charge is 0.337 e. The van der Waals surface area contributed by atoms with Crippen molar-refractivity contribution >= 4 is 5.91 Å². The van der Waals surface area contributed by atoms with Crippen LogP contribution in [0.1, 0.15) is 16.2 Å². The van der Waals surface area contributed by atoms with E-state index in [1.54, 1.807) is 42.3 Å². The SMILES string of the molecule is CN(Cc1nc(-c2ccccn2)no1)C(=O)c1ccc(-n2cccn2)cc1. The normalized spacial score (nSPS) is 10.7. The monoisotopic (exact) mass is 360 g/mol. The predicted molar refractivity (Wildman–Crippen MR) is 96.9 cm³/mol. The Labute approximate surface area is 155 Å². The Morgan fingerprint density at radius 1 is 1.11 bits per heavy atom. The lowest BCUT2D eigenvalue weighted by molar-refractivity contribution is 0.0769. The number of carbonyl (C=O) groups is 1. The lowest BCUT2D eigenvalue weighted by Gasteiger charge is -2.15. The molecule has 4 aromatic rings. The lowest BCUT2D eigenvalue weighted by atomic mass is 10.2. The lowest BCUT2D eigenvalue weighted by Crippen LogP contribution is -2.26. The van der Waals surface area contributed by atoms with Crippen molar-refractivity contribution in [2.24, 2.45) is 0 Å². The summed E-state index contributed by atoms with van der Waals surface area (Å²) in [4.78, 5) is 22.6. The van der Waals surface area contributed by atoms with Crippen LogP contribution in [-0.4, -0.2) is 42.8 Å². The van der Waals surface area contributed by atoms with Gasteiger partial charge in [-0.1, -0.05) is 11.2 Å². The molecule has 0 aliphatic rings. The summed E-state index contributed by atoms with van der Waals surface area (Å²) < 4.78 is 6.97. The van der Waals surface area contributed by atoms with Crippen LogP contribution in [0, 0.1) is 0 Å². The minimum Gasteiger partial charge on any atom is -0.337 e. The first-order chi connectivity index (χ1) is 13.2. The van der Waals surface area contributed by atoms with E-state index >= 15 is 0 Å². The molecular weight excluding hydrogens is 344 g/mol. The van der Waals surface area contributed by atoms with Gasteiger partial charge in [0.25, 0.3) is 5.91 Å². The molecule has 0 bridgehead atoms. The van der Waals surface area contributed by atoms with E-state index in [1.807, 2.05) is 36.5 Å². The molecule has 0 atom stereocenters. The highest BCUT2D eigenvalue weighted by molar-refractivity contribution is 5.94. The molecule has 0 aliphatic heterocycles. The van der Waals surface area contributed by atoms with Gasteiger partial charge < -0.3 is 9.42 Å². The molecule has 0 aliphatic carbocycles. The van der Waals surface area contributed by atoms with Gasteiger partial charge in [-0.05, 0) is 42.5 Å². The van der Waals surface area contributed by atoms with Crippen molar-refractivity contribution in [1.82, 2.24) is 29.8 Å². The van der Waals surface area contributed by atoms with Gasteiger partial charge in [-0.3, -0.25) is 9.78 Å². The fourth-order valence-electron chi connectivity index (χ4n) is 2.59. The third-order valence-corrected chi connectivity index (χ3v) is 3.96. The average Bonchev–Trinajstić information content (AvgIpc) is 3.40. The van der Waals surface area contributed by atoms with E-state index in [9.17, 15) is 4.79 Å². The van der Waals surface area contributed by atoms with E-state index < -0.39 is 0 Å². The molecule has 3 heterocycles. The van der Waals surface area contributed by atoms with Gasteiger partial charge in [0, 0.05) is 31.2 Å². The van der Waals surface area contributed by atoms with Gasteiger partial charge in [-0.2, -0.15) is 10.1 Å². The minimum atomic E-state index is -0.139. The Bertz CT molecular complexity index is 1030. The minimum absolute atomic E-state index is 0.139. The van der Waals surface area contributed by atoms with Crippen molar-refractivity contribution in [2.75, 3.05) is 7.05 Å². The van der Waals surface area contributed by atoms with Gasteiger partial charge in [0.2, 0.25) is 11.7 Å². The molecule has 0 radical (unpaired) electrons. The van der Waals surface area contributed by atoms with Crippen molar-refractivity contribution in [3.8, 4) is 17.2 Å². The van der Waals surface area contributed by atoms with Gasteiger partial charge in [0.15, 0.2) is 0 Å². The second kappa shape index (κ2) is 7.20. The molecule has 3 aromatic heterocycles. The fourth-order valence-corrected chi connectivity index (χ4v) is 2.59. The Morgan fingerprint density at radius 2 is 1.96 bits per heavy atom. The summed E-state index contributed by atoms with van der Waals surface area (Å²) in [5.41, 5.74) is 2.07. The molecule has 0 spiro atoms. The van der Waals surface area contributed by atoms with E-state index in [-0.39, 0.29) is 12.5 Å². The van der Waals surface area contributed by atoms with E-state index in [4.69, 9.17) is 4.52 Å². The van der Waals surface area contributed by atoms with Crippen molar-refractivity contribution in [2.45, 2.75) is 6.54 Å². The topological polar surface area (TPSA) is 89.9 Å². The molecule has 0 N–H and O–H groups in total. The molecule has 0 saturated carbocycles. The van der Waals surface area contributed by atoms with Crippen molar-refractivity contribution < 1.29 is 9.32 Å². The van der Waals surface area contributed by atoms with Crippen LogP contribution in [0.25, 0.3) is 17.2 Å². The van der Waals surface area contributed by atoms with Gasteiger partial charge in [-0.15, -0.1) is 0 Å². The number of carbonyl (C=O) groups excluding carboxylic acids is 1. The van der Waals surface area contributed by atoms with Gasteiger partial charge in [0.05, 0.1) is 12.2 Å². The summed E-state index contributed by atoms with van der Waals surface area (Å²) in [5, 5.41) is 8.08. The Morgan fingerprint density at radius 3 is 2.67 bits per heavy atom. The molecule has 1 aromatic carbocycles. The summed E-state index contributed by atoms with van der Waals surface area (Å²) in [6.07, 6.45) is 5.21. The van der Waals surface area contributed by atoms with Gasteiger partial charge in [0.1, 0.15) is 5.69 Å². The number of nitrogens with zero attached hydrogens (tertiary/aromatic N) is 6. The number of benzene rings is 1. The molecule has 0 fully saturated rings. The third kappa shape index (κ3) is 3.59. The quantitative estimate of drug-likeness (QED) is 0.543. The highest BCUT2D eigenvalue weighted by atomic mass is 16.5. The van der Waals surface area contributed by atoms with E-state index in [1.165, 1.54) is 4.90 Å². The molecule has 27 heavy (non-hydrogen) atoms. The summed E-state index contributed by atoms with van der Waals surface area (Å²) in [7, 11) is 1.69. The van der Waals surface area contributed by atoms with E-state index in [0.717, 1.165) is 5.69 Å². The van der Waals surface area contributed by atoms with E-state index in [2.05, 4.69) is 20.2 Å².